The van der Waals surface area contributed by atoms with E-state index in [1.165, 1.54) is 48.1 Å². The van der Waals surface area contributed by atoms with Gasteiger partial charge in [0.05, 0.1) is 0 Å². The van der Waals surface area contributed by atoms with Gasteiger partial charge in [0, 0.05) is 31.7 Å². The summed E-state index contributed by atoms with van der Waals surface area (Å²) in [5.74, 6) is 0. The first kappa shape index (κ1) is 16.5. The largest absolute Gasteiger partial charge is 0.311 e. The summed E-state index contributed by atoms with van der Waals surface area (Å²) in [6, 6.07) is 6.01. The summed E-state index contributed by atoms with van der Waals surface area (Å²) in [7, 11) is 0. The molecule has 2 unspecified atom stereocenters. The number of aryl methyl sites for hydroxylation is 3. The molecule has 2 atom stereocenters. The third-order valence-corrected chi connectivity index (χ3v) is 4.92. The van der Waals surface area contributed by atoms with Crippen molar-refractivity contribution in [3.05, 3.63) is 34.4 Å². The lowest BCUT2D eigenvalue weighted by atomic mass is 9.97. The Morgan fingerprint density at radius 3 is 2.38 bits per heavy atom. The van der Waals surface area contributed by atoms with Crippen molar-refractivity contribution in [1.29, 1.82) is 0 Å². The Bertz CT molecular complexity index is 444. The average Bonchev–Trinajstić information content (AvgIpc) is 2.43. The van der Waals surface area contributed by atoms with Crippen LogP contribution in [0.25, 0.3) is 0 Å². The number of nitrogens with one attached hydrogen (secondary N) is 1. The third kappa shape index (κ3) is 4.08. The van der Waals surface area contributed by atoms with Crippen LogP contribution in [0, 0.1) is 20.8 Å². The topological polar surface area (TPSA) is 15.3 Å². The van der Waals surface area contributed by atoms with Crippen LogP contribution in [0.2, 0.25) is 0 Å². The Morgan fingerprint density at radius 2 is 1.81 bits per heavy atom. The van der Waals surface area contributed by atoms with Crippen molar-refractivity contribution in [3.8, 4) is 0 Å². The molecule has 2 nitrogen and oxygen atoms in total. The lowest BCUT2D eigenvalue weighted by molar-refractivity contribution is 0.115. The minimum absolute atomic E-state index is 0.670. The molecule has 1 aromatic rings. The van der Waals surface area contributed by atoms with Crippen LogP contribution in [0.15, 0.2) is 12.1 Å². The van der Waals surface area contributed by atoms with Crippen LogP contribution in [0.5, 0.6) is 0 Å². The van der Waals surface area contributed by atoms with Crippen LogP contribution in [0.1, 0.15) is 55.4 Å². The Balaban J connectivity index is 2.15. The fourth-order valence-corrected chi connectivity index (χ4v) is 3.73. The van der Waals surface area contributed by atoms with Crippen molar-refractivity contribution < 1.29 is 0 Å². The van der Waals surface area contributed by atoms with Gasteiger partial charge in [-0.25, -0.2) is 0 Å². The van der Waals surface area contributed by atoms with E-state index in [0.717, 1.165) is 13.1 Å². The molecular formula is C19H32N2. The summed E-state index contributed by atoms with van der Waals surface area (Å²) in [6.45, 7) is 14.8. The molecule has 0 spiro atoms. The zero-order valence-electron chi connectivity index (χ0n) is 14.5. The summed E-state index contributed by atoms with van der Waals surface area (Å²) in [6.07, 6.45) is 3.79. The molecule has 0 radical (unpaired) electrons. The minimum Gasteiger partial charge on any atom is -0.311 e. The van der Waals surface area contributed by atoms with E-state index in [-0.39, 0.29) is 0 Å². The van der Waals surface area contributed by atoms with Crippen LogP contribution < -0.4 is 5.32 Å². The van der Waals surface area contributed by atoms with Crippen molar-refractivity contribution >= 4 is 0 Å². The van der Waals surface area contributed by atoms with Gasteiger partial charge in [0.15, 0.2) is 0 Å². The average molecular weight is 288 g/mol. The molecule has 2 rings (SSSR count). The van der Waals surface area contributed by atoms with E-state index in [0.29, 0.717) is 12.1 Å². The molecule has 1 fully saturated rings. The smallest absolute Gasteiger partial charge is 0.0243 e. The maximum atomic E-state index is 3.73. The standard InChI is InChI=1S/C19H32N2/c1-6-8-17-12-21(18(7-2)11-20-17)13-19-15(4)9-14(3)10-16(19)5/h9-10,17-18,20H,6-8,11-13H2,1-5H3. The molecule has 1 aliphatic rings. The molecule has 0 bridgehead atoms. The fraction of sp³-hybridized carbons (Fsp3) is 0.684. The van der Waals surface area contributed by atoms with E-state index < -0.39 is 0 Å². The summed E-state index contributed by atoms with van der Waals surface area (Å²) in [5, 5.41) is 3.73. The van der Waals surface area contributed by atoms with Crippen LogP contribution in [-0.2, 0) is 6.54 Å². The van der Waals surface area contributed by atoms with Crippen molar-refractivity contribution in [1.82, 2.24) is 10.2 Å². The summed E-state index contributed by atoms with van der Waals surface area (Å²) in [5.41, 5.74) is 5.82. The fourth-order valence-electron chi connectivity index (χ4n) is 3.73. The van der Waals surface area contributed by atoms with Gasteiger partial charge in [-0.05, 0) is 50.3 Å². The number of nitrogens with zero attached hydrogens (tertiary/aromatic N) is 1. The molecule has 1 aromatic carbocycles. The molecule has 118 valence electrons. The summed E-state index contributed by atoms with van der Waals surface area (Å²) >= 11 is 0. The van der Waals surface area contributed by atoms with Crippen molar-refractivity contribution in [2.45, 2.75) is 72.5 Å². The second-order valence-electron chi connectivity index (χ2n) is 6.76. The highest BCUT2D eigenvalue weighted by Crippen LogP contribution is 2.22. The van der Waals surface area contributed by atoms with Gasteiger partial charge in [-0.15, -0.1) is 0 Å². The summed E-state index contributed by atoms with van der Waals surface area (Å²) in [4.78, 5) is 2.71. The summed E-state index contributed by atoms with van der Waals surface area (Å²) < 4.78 is 0. The number of rotatable bonds is 5. The highest BCUT2D eigenvalue weighted by atomic mass is 15.2. The van der Waals surface area contributed by atoms with Crippen molar-refractivity contribution in [3.63, 3.8) is 0 Å². The second kappa shape index (κ2) is 7.42. The molecule has 2 heteroatoms. The molecule has 0 amide bonds. The highest BCUT2D eigenvalue weighted by Gasteiger charge is 2.26. The van der Waals surface area contributed by atoms with Crippen molar-refractivity contribution in [2.24, 2.45) is 0 Å². The molecule has 0 aromatic heterocycles. The first-order chi connectivity index (χ1) is 10.0. The van der Waals surface area contributed by atoms with E-state index in [9.17, 15) is 0 Å². The van der Waals surface area contributed by atoms with Gasteiger partial charge in [0.2, 0.25) is 0 Å². The Kier molecular flexibility index (Phi) is 5.83. The molecule has 0 aliphatic carbocycles. The quantitative estimate of drug-likeness (QED) is 0.882. The van der Waals surface area contributed by atoms with Crippen LogP contribution in [-0.4, -0.2) is 30.1 Å². The van der Waals surface area contributed by atoms with Gasteiger partial charge in [-0.2, -0.15) is 0 Å². The maximum absolute atomic E-state index is 3.73. The molecule has 1 saturated heterocycles. The van der Waals surface area contributed by atoms with E-state index in [2.05, 4.69) is 57.0 Å². The molecule has 1 aliphatic heterocycles. The molecule has 0 saturated carbocycles. The van der Waals surface area contributed by atoms with E-state index >= 15 is 0 Å². The second-order valence-corrected chi connectivity index (χ2v) is 6.76. The predicted octanol–water partition coefficient (Wildman–Crippen LogP) is 3.96. The van der Waals surface area contributed by atoms with Gasteiger partial charge < -0.3 is 5.32 Å². The van der Waals surface area contributed by atoms with Gasteiger partial charge in [0.1, 0.15) is 0 Å². The Morgan fingerprint density at radius 1 is 1.14 bits per heavy atom. The van der Waals surface area contributed by atoms with Gasteiger partial charge in [0.25, 0.3) is 0 Å². The van der Waals surface area contributed by atoms with Gasteiger partial charge in [-0.1, -0.05) is 38.0 Å². The van der Waals surface area contributed by atoms with Gasteiger partial charge in [-0.3, -0.25) is 4.90 Å². The number of hydrogen-bond donors (Lipinski definition) is 1. The maximum Gasteiger partial charge on any atom is 0.0243 e. The first-order valence-electron chi connectivity index (χ1n) is 8.59. The van der Waals surface area contributed by atoms with Crippen LogP contribution in [0.3, 0.4) is 0 Å². The minimum atomic E-state index is 0.670. The van der Waals surface area contributed by atoms with Crippen molar-refractivity contribution in [2.75, 3.05) is 13.1 Å². The van der Waals surface area contributed by atoms with E-state index in [4.69, 9.17) is 0 Å². The number of piperazine rings is 1. The van der Waals surface area contributed by atoms with Crippen LogP contribution >= 0.6 is 0 Å². The zero-order chi connectivity index (χ0) is 15.4. The number of benzene rings is 1. The lowest BCUT2D eigenvalue weighted by Gasteiger charge is -2.40. The SMILES string of the molecule is CCCC1CN(Cc2c(C)cc(C)cc2C)C(CC)CN1. The van der Waals surface area contributed by atoms with E-state index in [1.807, 2.05) is 0 Å². The zero-order valence-corrected chi connectivity index (χ0v) is 14.5. The molecule has 1 N–H and O–H groups in total. The normalized spacial score (nSPS) is 23.5. The highest BCUT2D eigenvalue weighted by molar-refractivity contribution is 5.37. The number of hydrogen-bond acceptors (Lipinski definition) is 2. The van der Waals surface area contributed by atoms with Gasteiger partial charge >= 0.3 is 0 Å². The van der Waals surface area contributed by atoms with E-state index in [1.54, 1.807) is 0 Å². The van der Waals surface area contributed by atoms with Crippen LogP contribution in [0.4, 0.5) is 0 Å². The molecule has 21 heavy (non-hydrogen) atoms. The first-order valence-corrected chi connectivity index (χ1v) is 8.59. The predicted molar refractivity (Wildman–Crippen MR) is 91.8 cm³/mol. The Labute approximate surface area is 130 Å². The molecular weight excluding hydrogens is 256 g/mol. The lowest BCUT2D eigenvalue weighted by Crippen LogP contribution is -2.55. The molecule has 1 heterocycles. The monoisotopic (exact) mass is 288 g/mol. The third-order valence-electron chi connectivity index (χ3n) is 4.92. The Hall–Kier alpha value is -0.860.